The number of benzene rings is 2. The first-order chi connectivity index (χ1) is 17.4. The minimum atomic E-state index is -0.184. The Bertz CT molecular complexity index is 1080. The highest BCUT2D eigenvalue weighted by Gasteiger charge is 2.30. The van der Waals surface area contributed by atoms with Crippen molar-refractivity contribution in [3.05, 3.63) is 82.9 Å². The maximum absolute atomic E-state index is 13.5. The topological polar surface area (TPSA) is 53.8 Å². The van der Waals surface area contributed by atoms with Crippen molar-refractivity contribution in [2.75, 3.05) is 33.4 Å². The van der Waals surface area contributed by atoms with E-state index in [9.17, 15) is 4.39 Å². The van der Waals surface area contributed by atoms with E-state index >= 15 is 0 Å². The molecule has 2 aromatic carbocycles. The fourth-order valence-corrected chi connectivity index (χ4v) is 5.34. The molecular weight excluding hydrogens is 455 g/mol. The maximum Gasteiger partial charge on any atom is 0.123 e. The third-order valence-corrected chi connectivity index (χ3v) is 7.33. The number of aliphatic hydroxyl groups excluding tert-OH is 1. The molecule has 1 aliphatic heterocycles. The molecule has 1 aromatic heterocycles. The number of likely N-dealkylation sites (N-methyl/N-ethyl adjacent to an activating group) is 1. The van der Waals surface area contributed by atoms with Gasteiger partial charge in [0, 0.05) is 37.9 Å². The first kappa shape index (κ1) is 26.3. The third kappa shape index (κ3) is 7.15. The summed E-state index contributed by atoms with van der Waals surface area (Å²) < 4.78 is 20.9. The van der Waals surface area contributed by atoms with Gasteiger partial charge in [-0.2, -0.15) is 5.10 Å². The molecule has 1 saturated heterocycles. The number of hydrogen-bond acceptors (Lipinski definition) is 5. The Morgan fingerprint density at radius 3 is 2.36 bits per heavy atom. The summed E-state index contributed by atoms with van der Waals surface area (Å²) in [6.45, 7) is 6.33. The minimum Gasteiger partial charge on any atom is -0.491 e. The highest BCUT2D eigenvalue weighted by molar-refractivity contribution is 5.27. The number of aryl methyl sites for hydroxylation is 2. The fourth-order valence-electron chi connectivity index (χ4n) is 5.34. The summed E-state index contributed by atoms with van der Waals surface area (Å²) in [6, 6.07) is 15.5. The summed E-state index contributed by atoms with van der Waals surface area (Å²) in [4.78, 5) is 5.00. The third-order valence-electron chi connectivity index (χ3n) is 7.33. The van der Waals surface area contributed by atoms with E-state index in [1.165, 1.54) is 16.7 Å². The van der Waals surface area contributed by atoms with Crippen LogP contribution in [0.3, 0.4) is 0 Å². The highest BCUT2D eigenvalue weighted by Crippen LogP contribution is 2.28. The van der Waals surface area contributed by atoms with Gasteiger partial charge in [0.1, 0.15) is 18.2 Å². The molecule has 0 aliphatic carbocycles. The molecule has 0 saturated carbocycles. The van der Waals surface area contributed by atoms with Crippen LogP contribution in [0.2, 0.25) is 0 Å². The van der Waals surface area contributed by atoms with Crippen molar-refractivity contribution in [2.24, 2.45) is 13.0 Å². The standard InChI is InChI=1S/C29H39FN4O2/c1-22-26(21-33(3)31-22)20-32(2)29(18-23-4-8-27(30)9-5-23)25-12-14-34(15-13-25)19-24-6-10-28(11-7-24)36-17-16-35/h4-11,21,25,29,35H,12-20H2,1-3H3/t29-/m0/s1. The van der Waals surface area contributed by atoms with Crippen molar-refractivity contribution in [1.82, 2.24) is 19.6 Å². The summed E-state index contributed by atoms with van der Waals surface area (Å²) in [7, 11) is 4.19. The Labute approximate surface area is 214 Å². The zero-order valence-electron chi connectivity index (χ0n) is 21.7. The summed E-state index contributed by atoms with van der Waals surface area (Å²) in [5.74, 6) is 1.18. The van der Waals surface area contributed by atoms with Crippen LogP contribution in [0.1, 0.15) is 35.2 Å². The summed E-state index contributed by atoms with van der Waals surface area (Å²) in [6.07, 6.45) is 5.30. The van der Waals surface area contributed by atoms with Crippen molar-refractivity contribution in [3.63, 3.8) is 0 Å². The van der Waals surface area contributed by atoms with Crippen LogP contribution in [0.15, 0.2) is 54.7 Å². The fraction of sp³-hybridized carbons (Fsp3) is 0.483. The number of aromatic nitrogens is 2. The molecule has 0 bridgehead atoms. The van der Waals surface area contributed by atoms with E-state index in [1.807, 2.05) is 36.0 Å². The molecule has 4 rings (SSSR count). The van der Waals surface area contributed by atoms with E-state index in [2.05, 4.69) is 47.2 Å². The predicted molar refractivity (Wildman–Crippen MR) is 140 cm³/mol. The lowest BCUT2D eigenvalue weighted by Gasteiger charge is -2.40. The van der Waals surface area contributed by atoms with E-state index in [4.69, 9.17) is 9.84 Å². The number of ether oxygens (including phenoxy) is 1. The molecule has 1 N–H and O–H groups in total. The minimum absolute atomic E-state index is 0.0237. The average molecular weight is 495 g/mol. The van der Waals surface area contributed by atoms with Gasteiger partial charge in [-0.3, -0.25) is 14.5 Å². The first-order valence-corrected chi connectivity index (χ1v) is 12.9. The van der Waals surface area contributed by atoms with Crippen LogP contribution in [0.25, 0.3) is 0 Å². The van der Waals surface area contributed by atoms with Crippen LogP contribution < -0.4 is 4.74 Å². The molecule has 36 heavy (non-hydrogen) atoms. The molecule has 0 unspecified atom stereocenters. The Morgan fingerprint density at radius 2 is 1.75 bits per heavy atom. The Balaban J connectivity index is 1.39. The maximum atomic E-state index is 13.5. The Kier molecular flexibility index (Phi) is 9.13. The van der Waals surface area contributed by atoms with E-state index in [-0.39, 0.29) is 12.4 Å². The molecule has 6 nitrogen and oxygen atoms in total. The zero-order chi connectivity index (χ0) is 25.5. The van der Waals surface area contributed by atoms with Gasteiger partial charge >= 0.3 is 0 Å². The van der Waals surface area contributed by atoms with Gasteiger partial charge in [0.15, 0.2) is 0 Å². The smallest absolute Gasteiger partial charge is 0.123 e. The lowest BCUT2D eigenvalue weighted by molar-refractivity contribution is 0.0953. The Hall–Kier alpha value is -2.74. The van der Waals surface area contributed by atoms with Gasteiger partial charge in [0.25, 0.3) is 0 Å². The first-order valence-electron chi connectivity index (χ1n) is 12.9. The number of hydrogen-bond donors (Lipinski definition) is 1. The zero-order valence-corrected chi connectivity index (χ0v) is 21.7. The average Bonchev–Trinajstić information content (AvgIpc) is 3.20. The normalized spacial score (nSPS) is 15.9. The van der Waals surface area contributed by atoms with Crippen LogP contribution in [0.4, 0.5) is 4.39 Å². The number of halogens is 1. The molecule has 7 heteroatoms. The quantitative estimate of drug-likeness (QED) is 0.433. The second kappa shape index (κ2) is 12.5. The number of likely N-dealkylation sites (tertiary alicyclic amines) is 1. The van der Waals surface area contributed by atoms with Crippen molar-refractivity contribution in [3.8, 4) is 5.75 Å². The molecule has 1 aliphatic rings. The summed E-state index contributed by atoms with van der Waals surface area (Å²) in [5, 5.41) is 13.4. The van der Waals surface area contributed by atoms with Crippen LogP contribution >= 0.6 is 0 Å². The number of nitrogens with zero attached hydrogens (tertiary/aromatic N) is 4. The molecule has 194 valence electrons. The second-order valence-electron chi connectivity index (χ2n) is 10.1. The highest BCUT2D eigenvalue weighted by atomic mass is 19.1. The van der Waals surface area contributed by atoms with E-state index < -0.39 is 0 Å². The lowest BCUT2D eigenvalue weighted by atomic mass is 9.84. The SMILES string of the molecule is Cc1nn(C)cc1CN(C)[C@@H](Cc1ccc(F)cc1)C1CCN(Cc2ccc(OCCO)cc2)CC1. The van der Waals surface area contributed by atoms with Gasteiger partial charge in [0.2, 0.25) is 0 Å². The summed E-state index contributed by atoms with van der Waals surface area (Å²) >= 11 is 0. The monoisotopic (exact) mass is 494 g/mol. The predicted octanol–water partition coefficient (Wildman–Crippen LogP) is 4.19. The van der Waals surface area contributed by atoms with Crippen LogP contribution in [0, 0.1) is 18.7 Å². The number of rotatable bonds is 11. The molecule has 0 spiro atoms. The van der Waals surface area contributed by atoms with Crippen LogP contribution in [-0.2, 0) is 26.6 Å². The van der Waals surface area contributed by atoms with Crippen LogP contribution in [-0.4, -0.2) is 64.1 Å². The van der Waals surface area contributed by atoms with Gasteiger partial charge in [-0.05, 0) is 87.6 Å². The van der Waals surface area contributed by atoms with Crippen molar-refractivity contribution in [2.45, 2.75) is 45.3 Å². The van der Waals surface area contributed by atoms with Gasteiger partial charge in [-0.1, -0.05) is 24.3 Å². The number of piperidine rings is 1. The summed E-state index contributed by atoms with van der Waals surface area (Å²) in [5.41, 5.74) is 4.79. The molecule has 3 aromatic rings. The van der Waals surface area contributed by atoms with Crippen molar-refractivity contribution in [1.29, 1.82) is 0 Å². The molecule has 2 heterocycles. The largest absolute Gasteiger partial charge is 0.491 e. The molecule has 1 fully saturated rings. The molecular formula is C29H39FN4O2. The van der Waals surface area contributed by atoms with Gasteiger partial charge in [-0.15, -0.1) is 0 Å². The molecule has 0 amide bonds. The van der Waals surface area contributed by atoms with Gasteiger partial charge in [-0.25, -0.2) is 4.39 Å². The Morgan fingerprint density at radius 1 is 1.08 bits per heavy atom. The van der Waals surface area contributed by atoms with Gasteiger partial charge < -0.3 is 9.84 Å². The van der Waals surface area contributed by atoms with Gasteiger partial charge in [0.05, 0.1) is 12.3 Å². The van der Waals surface area contributed by atoms with Crippen molar-refractivity contribution >= 4 is 0 Å². The number of aliphatic hydroxyl groups is 1. The van der Waals surface area contributed by atoms with Crippen molar-refractivity contribution < 1.29 is 14.2 Å². The molecule has 0 radical (unpaired) electrons. The second-order valence-corrected chi connectivity index (χ2v) is 10.1. The van der Waals surface area contributed by atoms with E-state index in [1.54, 1.807) is 12.1 Å². The van der Waals surface area contributed by atoms with Crippen LogP contribution in [0.5, 0.6) is 5.75 Å². The molecule has 1 atom stereocenters. The van der Waals surface area contributed by atoms with E-state index in [0.717, 1.165) is 56.9 Å². The van der Waals surface area contributed by atoms with E-state index in [0.29, 0.717) is 18.6 Å². The lowest BCUT2D eigenvalue weighted by Crippen LogP contribution is -2.45.